The predicted octanol–water partition coefficient (Wildman–Crippen LogP) is 0.746. The molecule has 5 nitrogen and oxygen atoms in total. The molecule has 18 heavy (non-hydrogen) atoms. The van der Waals surface area contributed by atoms with Gasteiger partial charge >= 0.3 is 0 Å². The SMILES string of the molecule is NCCC1CCN(c2ccnc(C(N)=O)c2)CC1. The number of aromatic nitrogens is 1. The van der Waals surface area contributed by atoms with Crippen molar-refractivity contribution < 1.29 is 4.79 Å². The van der Waals surface area contributed by atoms with Crippen LogP contribution in [0.25, 0.3) is 0 Å². The maximum absolute atomic E-state index is 11.1. The number of rotatable bonds is 4. The van der Waals surface area contributed by atoms with E-state index < -0.39 is 5.91 Å². The topological polar surface area (TPSA) is 85.2 Å². The molecule has 5 heteroatoms. The summed E-state index contributed by atoms with van der Waals surface area (Å²) in [5.41, 5.74) is 12.2. The fourth-order valence-corrected chi connectivity index (χ4v) is 2.47. The largest absolute Gasteiger partial charge is 0.371 e. The Morgan fingerprint density at radius 3 is 2.78 bits per heavy atom. The molecule has 0 aromatic carbocycles. The lowest BCUT2D eigenvalue weighted by molar-refractivity contribution is 0.0995. The molecule has 2 rings (SSSR count). The molecule has 1 aromatic rings. The summed E-state index contributed by atoms with van der Waals surface area (Å²) >= 11 is 0. The predicted molar refractivity (Wildman–Crippen MR) is 71.4 cm³/mol. The molecule has 0 radical (unpaired) electrons. The zero-order valence-electron chi connectivity index (χ0n) is 10.5. The summed E-state index contributed by atoms with van der Waals surface area (Å²) < 4.78 is 0. The molecule has 4 N–H and O–H groups in total. The molecule has 1 amide bonds. The van der Waals surface area contributed by atoms with E-state index in [1.165, 1.54) is 0 Å². The fraction of sp³-hybridized carbons (Fsp3) is 0.538. The van der Waals surface area contributed by atoms with Crippen LogP contribution in [-0.4, -0.2) is 30.5 Å². The second kappa shape index (κ2) is 5.82. The van der Waals surface area contributed by atoms with Gasteiger partial charge in [0.15, 0.2) is 0 Å². The number of primary amides is 1. The molecule has 2 heterocycles. The number of carbonyl (C=O) groups is 1. The first-order valence-electron chi connectivity index (χ1n) is 6.41. The van der Waals surface area contributed by atoms with Gasteiger partial charge < -0.3 is 16.4 Å². The Morgan fingerprint density at radius 2 is 2.17 bits per heavy atom. The number of nitrogens with zero attached hydrogens (tertiary/aromatic N) is 2. The van der Waals surface area contributed by atoms with Gasteiger partial charge in [-0.3, -0.25) is 9.78 Å². The van der Waals surface area contributed by atoms with Crippen molar-refractivity contribution >= 4 is 11.6 Å². The minimum Gasteiger partial charge on any atom is -0.371 e. The molecule has 1 aliphatic heterocycles. The van der Waals surface area contributed by atoms with Crippen LogP contribution in [0.1, 0.15) is 29.8 Å². The molecule has 98 valence electrons. The fourth-order valence-electron chi connectivity index (χ4n) is 2.47. The van der Waals surface area contributed by atoms with Gasteiger partial charge in [0.2, 0.25) is 0 Å². The van der Waals surface area contributed by atoms with Gasteiger partial charge in [0.05, 0.1) is 0 Å². The first kappa shape index (κ1) is 12.8. The summed E-state index contributed by atoms with van der Waals surface area (Å²) in [7, 11) is 0. The third kappa shape index (κ3) is 2.98. The van der Waals surface area contributed by atoms with Gasteiger partial charge in [0, 0.05) is 25.0 Å². The molecule has 1 aliphatic rings. The van der Waals surface area contributed by atoms with Gasteiger partial charge in [-0.1, -0.05) is 0 Å². The highest BCUT2D eigenvalue weighted by Gasteiger charge is 2.19. The molecule has 1 aromatic heterocycles. The van der Waals surface area contributed by atoms with Gasteiger partial charge in [-0.05, 0) is 43.9 Å². The Labute approximate surface area is 107 Å². The summed E-state index contributed by atoms with van der Waals surface area (Å²) in [4.78, 5) is 17.3. The van der Waals surface area contributed by atoms with E-state index in [1.807, 2.05) is 6.07 Å². The van der Waals surface area contributed by atoms with Crippen molar-refractivity contribution in [3.05, 3.63) is 24.0 Å². The van der Waals surface area contributed by atoms with E-state index in [0.717, 1.165) is 50.5 Å². The molecule has 1 saturated heterocycles. The first-order valence-corrected chi connectivity index (χ1v) is 6.41. The smallest absolute Gasteiger partial charge is 0.267 e. The average Bonchev–Trinajstić information content (AvgIpc) is 2.40. The molecule has 0 atom stereocenters. The van der Waals surface area contributed by atoms with Crippen LogP contribution in [0.4, 0.5) is 5.69 Å². The molecule has 0 bridgehead atoms. The highest BCUT2D eigenvalue weighted by molar-refractivity contribution is 5.91. The van der Waals surface area contributed by atoms with E-state index >= 15 is 0 Å². The summed E-state index contributed by atoms with van der Waals surface area (Å²) in [5.74, 6) is 0.263. The lowest BCUT2D eigenvalue weighted by Crippen LogP contribution is -2.34. The van der Waals surface area contributed by atoms with E-state index in [1.54, 1.807) is 12.3 Å². The second-order valence-electron chi connectivity index (χ2n) is 4.77. The van der Waals surface area contributed by atoms with Gasteiger partial charge in [0.1, 0.15) is 5.69 Å². The molecule has 0 spiro atoms. The minimum absolute atomic E-state index is 0.330. The molecular weight excluding hydrogens is 228 g/mol. The summed E-state index contributed by atoms with van der Waals surface area (Å²) in [6.07, 6.45) is 5.06. The van der Waals surface area contributed by atoms with Gasteiger partial charge in [-0.25, -0.2) is 0 Å². The Balaban J connectivity index is 2.01. The Hall–Kier alpha value is -1.62. The minimum atomic E-state index is -0.477. The molecule has 0 aliphatic carbocycles. The Morgan fingerprint density at radius 1 is 1.44 bits per heavy atom. The molecule has 0 unspecified atom stereocenters. The van der Waals surface area contributed by atoms with E-state index in [-0.39, 0.29) is 0 Å². The quantitative estimate of drug-likeness (QED) is 0.823. The van der Waals surface area contributed by atoms with Crippen LogP contribution < -0.4 is 16.4 Å². The second-order valence-corrected chi connectivity index (χ2v) is 4.77. The lowest BCUT2D eigenvalue weighted by atomic mass is 9.93. The van der Waals surface area contributed by atoms with Gasteiger partial charge in [0.25, 0.3) is 5.91 Å². The van der Waals surface area contributed by atoms with E-state index in [0.29, 0.717) is 5.69 Å². The summed E-state index contributed by atoms with van der Waals surface area (Å²) in [5, 5.41) is 0. The number of anilines is 1. The zero-order chi connectivity index (χ0) is 13.0. The Bertz CT molecular complexity index is 413. The number of amides is 1. The van der Waals surface area contributed by atoms with Gasteiger partial charge in [-0.15, -0.1) is 0 Å². The monoisotopic (exact) mass is 248 g/mol. The summed E-state index contributed by atoms with van der Waals surface area (Å²) in [6.45, 7) is 2.78. The lowest BCUT2D eigenvalue weighted by Gasteiger charge is -2.33. The molecular formula is C13H20N4O. The van der Waals surface area contributed by atoms with Crippen LogP contribution in [0, 0.1) is 5.92 Å². The molecule has 0 saturated carbocycles. The number of hydrogen-bond donors (Lipinski definition) is 2. The van der Waals surface area contributed by atoms with Crippen LogP contribution in [0.3, 0.4) is 0 Å². The normalized spacial score (nSPS) is 16.8. The number of nitrogens with two attached hydrogens (primary N) is 2. The number of carbonyl (C=O) groups excluding carboxylic acids is 1. The van der Waals surface area contributed by atoms with Crippen molar-refractivity contribution in [1.29, 1.82) is 0 Å². The van der Waals surface area contributed by atoms with Crippen molar-refractivity contribution in [3.63, 3.8) is 0 Å². The number of hydrogen-bond acceptors (Lipinski definition) is 4. The van der Waals surface area contributed by atoms with Crippen LogP contribution >= 0.6 is 0 Å². The third-order valence-electron chi connectivity index (χ3n) is 3.55. The van der Waals surface area contributed by atoms with Crippen LogP contribution in [0.15, 0.2) is 18.3 Å². The van der Waals surface area contributed by atoms with E-state index in [9.17, 15) is 4.79 Å². The van der Waals surface area contributed by atoms with E-state index in [4.69, 9.17) is 11.5 Å². The standard InChI is InChI=1S/C13H20N4O/c14-5-1-10-3-7-17(8-4-10)11-2-6-16-12(9-11)13(15)18/h2,6,9-10H,1,3-5,7-8,14H2,(H2,15,18). The maximum Gasteiger partial charge on any atom is 0.267 e. The van der Waals surface area contributed by atoms with E-state index in [2.05, 4.69) is 9.88 Å². The van der Waals surface area contributed by atoms with Crippen molar-refractivity contribution in [3.8, 4) is 0 Å². The van der Waals surface area contributed by atoms with Crippen molar-refractivity contribution in [2.45, 2.75) is 19.3 Å². The third-order valence-corrected chi connectivity index (χ3v) is 3.55. The average molecular weight is 248 g/mol. The highest BCUT2D eigenvalue weighted by Crippen LogP contribution is 2.24. The zero-order valence-corrected chi connectivity index (χ0v) is 10.5. The number of pyridine rings is 1. The van der Waals surface area contributed by atoms with Gasteiger partial charge in [-0.2, -0.15) is 0 Å². The van der Waals surface area contributed by atoms with Crippen LogP contribution in [0.2, 0.25) is 0 Å². The number of piperidine rings is 1. The Kier molecular flexibility index (Phi) is 4.15. The van der Waals surface area contributed by atoms with Crippen molar-refractivity contribution in [1.82, 2.24) is 4.98 Å². The maximum atomic E-state index is 11.1. The summed E-state index contributed by atoms with van der Waals surface area (Å²) in [6, 6.07) is 3.70. The molecule has 1 fully saturated rings. The van der Waals surface area contributed by atoms with Crippen molar-refractivity contribution in [2.24, 2.45) is 17.4 Å². The first-order chi connectivity index (χ1) is 8.70. The van der Waals surface area contributed by atoms with Crippen LogP contribution in [-0.2, 0) is 0 Å². The van der Waals surface area contributed by atoms with Crippen LogP contribution in [0.5, 0.6) is 0 Å². The highest BCUT2D eigenvalue weighted by atomic mass is 16.1. The van der Waals surface area contributed by atoms with Crippen molar-refractivity contribution in [2.75, 3.05) is 24.5 Å².